The standard InChI is InChI=1S/C7H15NO3S/c9-12(10,11)6-4-7-3-1-2-5-8-7/h7-8H,1-6H2,(H,9,10,11). The van der Waals surface area contributed by atoms with E-state index in [2.05, 4.69) is 5.32 Å². The Morgan fingerprint density at radius 3 is 2.67 bits per heavy atom. The van der Waals surface area contributed by atoms with E-state index >= 15 is 0 Å². The van der Waals surface area contributed by atoms with Gasteiger partial charge in [-0.3, -0.25) is 4.55 Å². The van der Waals surface area contributed by atoms with Crippen molar-refractivity contribution < 1.29 is 13.0 Å². The highest BCUT2D eigenvalue weighted by Crippen LogP contribution is 2.10. The predicted octanol–water partition coefficient (Wildman–Crippen LogP) is 0.406. The first-order valence-electron chi connectivity index (χ1n) is 4.26. The van der Waals surface area contributed by atoms with Gasteiger partial charge < -0.3 is 5.32 Å². The van der Waals surface area contributed by atoms with Crippen LogP contribution in [0.25, 0.3) is 0 Å². The summed E-state index contributed by atoms with van der Waals surface area (Å²) < 4.78 is 29.3. The van der Waals surface area contributed by atoms with E-state index in [0.717, 1.165) is 19.4 Å². The van der Waals surface area contributed by atoms with Crippen molar-refractivity contribution in [2.45, 2.75) is 31.7 Å². The monoisotopic (exact) mass is 193 g/mol. The minimum absolute atomic E-state index is 0.120. The minimum atomic E-state index is -3.76. The highest BCUT2D eigenvalue weighted by atomic mass is 32.2. The molecule has 1 fully saturated rings. The topological polar surface area (TPSA) is 66.4 Å². The van der Waals surface area contributed by atoms with Crippen molar-refractivity contribution in [3.8, 4) is 0 Å². The van der Waals surface area contributed by atoms with Crippen molar-refractivity contribution in [3.63, 3.8) is 0 Å². The molecule has 1 aliphatic heterocycles. The molecule has 0 aromatic carbocycles. The number of piperidine rings is 1. The molecule has 12 heavy (non-hydrogen) atoms. The molecule has 4 nitrogen and oxygen atoms in total. The summed E-state index contributed by atoms with van der Waals surface area (Å²) in [5.74, 6) is -0.120. The van der Waals surface area contributed by atoms with Crippen LogP contribution in [-0.4, -0.2) is 31.3 Å². The third-order valence-corrected chi connectivity index (χ3v) is 2.89. The maximum absolute atomic E-state index is 10.4. The first-order valence-corrected chi connectivity index (χ1v) is 5.87. The number of rotatable bonds is 3. The molecule has 2 N–H and O–H groups in total. The number of hydrogen-bond donors (Lipinski definition) is 2. The van der Waals surface area contributed by atoms with Gasteiger partial charge in [0.2, 0.25) is 0 Å². The van der Waals surface area contributed by atoms with Crippen molar-refractivity contribution in [1.29, 1.82) is 0 Å². The molecular weight excluding hydrogens is 178 g/mol. The van der Waals surface area contributed by atoms with Crippen LogP contribution >= 0.6 is 0 Å². The van der Waals surface area contributed by atoms with Gasteiger partial charge in [-0.15, -0.1) is 0 Å². The van der Waals surface area contributed by atoms with Gasteiger partial charge in [0.15, 0.2) is 0 Å². The number of hydrogen-bond acceptors (Lipinski definition) is 3. The maximum atomic E-state index is 10.4. The van der Waals surface area contributed by atoms with Gasteiger partial charge in [-0.2, -0.15) is 8.42 Å². The summed E-state index contributed by atoms with van der Waals surface area (Å²) in [7, 11) is -3.76. The van der Waals surface area contributed by atoms with E-state index in [1.54, 1.807) is 0 Å². The Morgan fingerprint density at radius 1 is 1.42 bits per heavy atom. The van der Waals surface area contributed by atoms with Gasteiger partial charge in [-0.05, 0) is 25.8 Å². The molecule has 0 radical (unpaired) electrons. The molecule has 0 bridgehead atoms. The SMILES string of the molecule is O=S(=O)(O)CCC1CCCCN1. The van der Waals surface area contributed by atoms with E-state index in [1.165, 1.54) is 6.42 Å². The van der Waals surface area contributed by atoms with Crippen molar-refractivity contribution in [2.75, 3.05) is 12.3 Å². The third-order valence-electron chi connectivity index (χ3n) is 2.14. The molecule has 0 amide bonds. The predicted molar refractivity (Wildman–Crippen MR) is 46.7 cm³/mol. The van der Waals surface area contributed by atoms with Gasteiger partial charge in [0.1, 0.15) is 0 Å². The summed E-state index contributed by atoms with van der Waals surface area (Å²) >= 11 is 0. The molecule has 1 saturated heterocycles. The Kier molecular flexibility index (Phi) is 3.49. The molecule has 0 aliphatic carbocycles. The zero-order valence-electron chi connectivity index (χ0n) is 6.99. The van der Waals surface area contributed by atoms with E-state index in [4.69, 9.17) is 4.55 Å². The molecule has 1 unspecified atom stereocenters. The summed E-state index contributed by atoms with van der Waals surface area (Å²) in [6.45, 7) is 0.968. The summed E-state index contributed by atoms with van der Waals surface area (Å²) in [5.41, 5.74) is 0. The lowest BCUT2D eigenvalue weighted by Crippen LogP contribution is -2.35. The van der Waals surface area contributed by atoms with Gasteiger partial charge in [0.25, 0.3) is 10.1 Å². The van der Waals surface area contributed by atoms with Crippen molar-refractivity contribution in [3.05, 3.63) is 0 Å². The Morgan fingerprint density at radius 2 is 2.17 bits per heavy atom. The van der Waals surface area contributed by atoms with Crippen molar-refractivity contribution >= 4 is 10.1 Å². The molecule has 72 valence electrons. The van der Waals surface area contributed by atoms with E-state index in [9.17, 15) is 8.42 Å². The fraction of sp³-hybridized carbons (Fsp3) is 1.00. The Bertz CT molecular complexity index is 219. The van der Waals surface area contributed by atoms with Gasteiger partial charge in [0, 0.05) is 6.04 Å². The highest BCUT2D eigenvalue weighted by Gasteiger charge is 2.15. The summed E-state index contributed by atoms with van der Waals surface area (Å²) in [5, 5.41) is 3.22. The average Bonchev–Trinajstić information content (AvgIpc) is 2.02. The van der Waals surface area contributed by atoms with Crippen molar-refractivity contribution in [2.24, 2.45) is 0 Å². The fourth-order valence-electron chi connectivity index (χ4n) is 1.46. The van der Waals surface area contributed by atoms with E-state index < -0.39 is 10.1 Å². The second-order valence-electron chi connectivity index (χ2n) is 3.22. The van der Waals surface area contributed by atoms with Crippen LogP contribution < -0.4 is 5.32 Å². The van der Waals surface area contributed by atoms with E-state index in [-0.39, 0.29) is 11.8 Å². The molecule has 0 saturated carbocycles. The first-order chi connectivity index (χ1) is 5.58. The summed E-state index contributed by atoms with van der Waals surface area (Å²) in [4.78, 5) is 0. The lowest BCUT2D eigenvalue weighted by Gasteiger charge is -2.22. The Hall–Kier alpha value is -0.130. The first kappa shape index (κ1) is 9.95. The van der Waals surface area contributed by atoms with Crippen LogP contribution in [0, 0.1) is 0 Å². The molecule has 1 rings (SSSR count). The van der Waals surface area contributed by atoms with Crippen LogP contribution in [0.5, 0.6) is 0 Å². The average molecular weight is 193 g/mol. The zero-order chi connectivity index (χ0) is 9.03. The second-order valence-corrected chi connectivity index (χ2v) is 4.79. The molecule has 5 heteroatoms. The van der Waals surface area contributed by atoms with Crippen LogP contribution in [0.15, 0.2) is 0 Å². The highest BCUT2D eigenvalue weighted by molar-refractivity contribution is 7.85. The Labute approximate surface area is 73.1 Å². The second kappa shape index (κ2) is 4.20. The van der Waals surface area contributed by atoms with E-state index in [0.29, 0.717) is 6.42 Å². The molecular formula is C7H15NO3S. The maximum Gasteiger partial charge on any atom is 0.264 e. The molecule has 1 atom stereocenters. The zero-order valence-corrected chi connectivity index (χ0v) is 7.81. The van der Waals surface area contributed by atoms with Gasteiger partial charge in [-0.25, -0.2) is 0 Å². The largest absolute Gasteiger partial charge is 0.314 e. The van der Waals surface area contributed by atoms with Crippen LogP contribution in [0.4, 0.5) is 0 Å². The van der Waals surface area contributed by atoms with Crippen LogP contribution in [0.3, 0.4) is 0 Å². The van der Waals surface area contributed by atoms with Crippen LogP contribution in [-0.2, 0) is 10.1 Å². The molecule has 1 heterocycles. The van der Waals surface area contributed by atoms with Gasteiger partial charge in [-0.1, -0.05) is 6.42 Å². The molecule has 0 aromatic heterocycles. The van der Waals surface area contributed by atoms with Crippen LogP contribution in [0.2, 0.25) is 0 Å². The normalized spacial score (nSPS) is 25.6. The fourth-order valence-corrected chi connectivity index (χ4v) is 2.04. The lowest BCUT2D eigenvalue weighted by molar-refractivity contribution is 0.388. The quantitative estimate of drug-likeness (QED) is 0.637. The Balaban J connectivity index is 2.22. The summed E-state index contributed by atoms with van der Waals surface area (Å²) in [6.07, 6.45) is 3.87. The van der Waals surface area contributed by atoms with Gasteiger partial charge >= 0.3 is 0 Å². The van der Waals surface area contributed by atoms with Crippen LogP contribution in [0.1, 0.15) is 25.7 Å². The lowest BCUT2D eigenvalue weighted by atomic mass is 10.0. The molecule has 0 aromatic rings. The molecule has 0 spiro atoms. The van der Waals surface area contributed by atoms with Crippen molar-refractivity contribution in [1.82, 2.24) is 5.32 Å². The van der Waals surface area contributed by atoms with Gasteiger partial charge in [0.05, 0.1) is 5.75 Å². The summed E-state index contributed by atoms with van der Waals surface area (Å²) in [6, 6.07) is 0.278. The number of nitrogens with one attached hydrogen (secondary N) is 1. The smallest absolute Gasteiger partial charge is 0.264 e. The third kappa shape index (κ3) is 4.04. The minimum Gasteiger partial charge on any atom is -0.314 e. The van der Waals surface area contributed by atoms with E-state index in [1.807, 2.05) is 0 Å². The molecule has 1 aliphatic rings.